The number of carbonyl (C=O) groups is 1. The number of amides is 1. The van der Waals surface area contributed by atoms with Gasteiger partial charge in [-0.1, -0.05) is 17.8 Å². The van der Waals surface area contributed by atoms with Crippen LogP contribution in [0.4, 0.5) is 10.1 Å². The maximum Gasteiger partial charge on any atom is 0.253 e. The van der Waals surface area contributed by atoms with Gasteiger partial charge in [-0.05, 0) is 35.7 Å². The van der Waals surface area contributed by atoms with E-state index in [-0.39, 0.29) is 40.9 Å². The highest BCUT2D eigenvalue weighted by atomic mass is 32.2. The first-order valence-corrected chi connectivity index (χ1v) is 11.6. The van der Waals surface area contributed by atoms with Gasteiger partial charge in [0.05, 0.1) is 24.0 Å². The molecule has 0 radical (unpaired) electrons. The number of hydrogen-bond acceptors (Lipinski definition) is 5. The van der Waals surface area contributed by atoms with E-state index in [1.165, 1.54) is 35.2 Å². The fraction of sp³-hybridized carbons (Fsp3) is 0.294. The molecule has 136 valence electrons. The van der Waals surface area contributed by atoms with E-state index in [2.05, 4.69) is 4.99 Å². The van der Waals surface area contributed by atoms with E-state index in [1.807, 2.05) is 17.5 Å². The van der Waals surface area contributed by atoms with Crippen molar-refractivity contribution in [3.8, 4) is 0 Å². The molecular weight excluding hydrogens is 395 g/mol. The number of thiophene rings is 1. The topological polar surface area (TPSA) is 66.8 Å². The molecule has 5 nitrogen and oxygen atoms in total. The van der Waals surface area contributed by atoms with E-state index in [0.717, 1.165) is 4.88 Å². The zero-order valence-corrected chi connectivity index (χ0v) is 16.0. The number of anilines is 1. The normalized spacial score (nSPS) is 25.6. The van der Waals surface area contributed by atoms with E-state index in [0.29, 0.717) is 10.9 Å². The van der Waals surface area contributed by atoms with Crippen molar-refractivity contribution in [1.29, 1.82) is 0 Å². The minimum atomic E-state index is -3.12. The first kappa shape index (κ1) is 17.7. The van der Waals surface area contributed by atoms with Crippen LogP contribution in [0.1, 0.15) is 4.88 Å². The average molecular weight is 411 g/mol. The highest BCUT2D eigenvalue weighted by Crippen LogP contribution is 2.41. The molecule has 2 atom stereocenters. The second-order valence-corrected chi connectivity index (χ2v) is 10.6. The molecule has 2 aliphatic heterocycles. The van der Waals surface area contributed by atoms with Crippen molar-refractivity contribution >= 4 is 49.7 Å². The second-order valence-electron chi connectivity index (χ2n) is 6.19. The maximum absolute atomic E-state index is 13.3. The monoisotopic (exact) mass is 410 g/mol. The molecule has 26 heavy (non-hydrogen) atoms. The summed E-state index contributed by atoms with van der Waals surface area (Å²) >= 11 is 2.81. The van der Waals surface area contributed by atoms with Gasteiger partial charge in [0, 0.05) is 15.8 Å². The number of halogens is 1. The number of rotatable bonds is 3. The van der Waals surface area contributed by atoms with Crippen LogP contribution < -0.4 is 4.90 Å². The van der Waals surface area contributed by atoms with Crippen LogP contribution in [0.2, 0.25) is 0 Å². The van der Waals surface area contributed by atoms with Crippen molar-refractivity contribution in [2.45, 2.75) is 17.7 Å². The summed E-state index contributed by atoms with van der Waals surface area (Å²) in [7, 11) is -3.12. The number of amidine groups is 1. The second kappa shape index (κ2) is 6.79. The van der Waals surface area contributed by atoms with Crippen LogP contribution in [0.3, 0.4) is 0 Å². The van der Waals surface area contributed by atoms with Gasteiger partial charge >= 0.3 is 0 Å². The van der Waals surface area contributed by atoms with Crippen LogP contribution in [0.15, 0.2) is 46.8 Å². The Morgan fingerprint density at radius 1 is 1.23 bits per heavy atom. The van der Waals surface area contributed by atoms with Gasteiger partial charge in [0.25, 0.3) is 5.91 Å². The lowest BCUT2D eigenvalue weighted by Crippen LogP contribution is -2.37. The number of thioether (sulfide) groups is 1. The van der Waals surface area contributed by atoms with Gasteiger partial charge in [0.2, 0.25) is 0 Å². The minimum Gasteiger partial charge on any atom is -0.316 e. The van der Waals surface area contributed by atoms with E-state index in [9.17, 15) is 17.6 Å². The van der Waals surface area contributed by atoms with Gasteiger partial charge in [0.1, 0.15) is 5.82 Å². The molecule has 0 N–H and O–H groups in total. The summed E-state index contributed by atoms with van der Waals surface area (Å²) in [6.07, 6.45) is 0.215. The van der Waals surface area contributed by atoms with Gasteiger partial charge in [-0.3, -0.25) is 4.79 Å². The van der Waals surface area contributed by atoms with Crippen LogP contribution in [0.5, 0.6) is 0 Å². The average Bonchev–Trinajstić information content (AvgIpc) is 3.23. The molecule has 2 saturated heterocycles. The number of fused-ring (bicyclic) bond motifs is 1. The molecule has 9 heteroatoms. The number of nitrogens with zero attached hydrogens (tertiary/aromatic N) is 2. The maximum atomic E-state index is 13.3. The summed E-state index contributed by atoms with van der Waals surface area (Å²) in [6.45, 7) is 0. The number of hydrogen-bond donors (Lipinski definition) is 0. The van der Waals surface area contributed by atoms with Gasteiger partial charge in [-0.25, -0.2) is 12.8 Å². The Balaban J connectivity index is 1.65. The third kappa shape index (κ3) is 3.56. The largest absolute Gasteiger partial charge is 0.316 e. The van der Waals surface area contributed by atoms with Crippen molar-refractivity contribution in [2.24, 2.45) is 4.99 Å². The highest BCUT2D eigenvalue weighted by Gasteiger charge is 2.49. The summed E-state index contributed by atoms with van der Waals surface area (Å²) in [5, 5.41) is 2.22. The lowest BCUT2D eigenvalue weighted by atomic mass is 10.2. The fourth-order valence-electron chi connectivity index (χ4n) is 3.18. The van der Waals surface area contributed by atoms with Crippen LogP contribution in [-0.2, 0) is 21.1 Å². The lowest BCUT2D eigenvalue weighted by Gasteiger charge is -2.24. The van der Waals surface area contributed by atoms with Crippen molar-refractivity contribution in [1.82, 2.24) is 0 Å². The lowest BCUT2D eigenvalue weighted by molar-refractivity contribution is -0.117. The van der Waals surface area contributed by atoms with Crippen LogP contribution >= 0.6 is 23.1 Å². The Morgan fingerprint density at radius 2 is 2.00 bits per heavy atom. The Bertz CT molecular complexity index is 956. The van der Waals surface area contributed by atoms with Crippen molar-refractivity contribution in [2.75, 3.05) is 16.4 Å². The molecule has 2 aromatic rings. The van der Waals surface area contributed by atoms with E-state index in [4.69, 9.17) is 0 Å². The Labute approximate surface area is 158 Å². The van der Waals surface area contributed by atoms with Crippen LogP contribution in [0, 0.1) is 5.82 Å². The van der Waals surface area contributed by atoms with Crippen molar-refractivity contribution < 1.29 is 17.6 Å². The predicted octanol–water partition coefficient (Wildman–Crippen LogP) is 2.73. The first-order valence-electron chi connectivity index (χ1n) is 7.97. The molecule has 2 fully saturated rings. The quantitative estimate of drug-likeness (QED) is 0.778. The third-order valence-electron chi connectivity index (χ3n) is 4.30. The van der Waals surface area contributed by atoms with E-state index >= 15 is 0 Å². The zero-order chi connectivity index (χ0) is 18.3. The fourth-order valence-corrected chi connectivity index (χ4v) is 7.80. The van der Waals surface area contributed by atoms with Crippen LogP contribution in [0.25, 0.3) is 0 Å². The third-order valence-corrected chi connectivity index (χ3v) is 8.38. The number of sulfone groups is 1. The summed E-state index contributed by atoms with van der Waals surface area (Å²) in [5.74, 6) is -0.563. The molecule has 3 heterocycles. The first-order chi connectivity index (χ1) is 12.4. The molecule has 0 unspecified atom stereocenters. The number of carbonyl (C=O) groups excluding carboxylic acids is 1. The van der Waals surface area contributed by atoms with Gasteiger partial charge in [-0.2, -0.15) is 4.99 Å². The standard InChI is InChI=1S/C17H15FN2O3S3/c18-11-3-5-12(6-4-11)20-14-9-26(22,23)10-15(14)25-17(20)19-16(21)8-13-2-1-7-24-13/h1-7,14-15H,8-10H2/t14-,15-/m1/s1. The minimum absolute atomic E-state index is 0.0141. The summed E-state index contributed by atoms with van der Waals surface area (Å²) in [6, 6.07) is 9.28. The Hall–Kier alpha value is -1.71. The SMILES string of the molecule is O=C(Cc1cccs1)N=C1S[C@@H]2CS(=O)(=O)C[C@H]2N1c1ccc(F)cc1. The molecule has 1 amide bonds. The molecule has 0 saturated carbocycles. The van der Waals surface area contributed by atoms with Gasteiger partial charge in [-0.15, -0.1) is 11.3 Å². The molecule has 1 aromatic heterocycles. The van der Waals surface area contributed by atoms with Crippen molar-refractivity contribution in [3.63, 3.8) is 0 Å². The molecule has 4 rings (SSSR count). The molecular formula is C17H15FN2O3S3. The smallest absolute Gasteiger partial charge is 0.253 e. The summed E-state index contributed by atoms with van der Waals surface area (Å²) in [4.78, 5) is 19.3. The Kier molecular flexibility index (Phi) is 4.62. The van der Waals surface area contributed by atoms with Gasteiger partial charge in [0.15, 0.2) is 15.0 Å². The van der Waals surface area contributed by atoms with Gasteiger partial charge < -0.3 is 4.90 Å². The molecule has 1 aromatic carbocycles. The molecule has 0 aliphatic carbocycles. The van der Waals surface area contributed by atoms with Crippen molar-refractivity contribution in [3.05, 3.63) is 52.5 Å². The molecule has 0 bridgehead atoms. The Morgan fingerprint density at radius 3 is 2.69 bits per heavy atom. The summed E-state index contributed by atoms with van der Waals surface area (Å²) in [5.41, 5.74) is 0.645. The van der Waals surface area contributed by atoms with Crippen LogP contribution in [-0.4, -0.2) is 42.3 Å². The predicted molar refractivity (Wildman–Crippen MR) is 103 cm³/mol. The number of benzene rings is 1. The van der Waals surface area contributed by atoms with E-state index < -0.39 is 9.84 Å². The highest BCUT2D eigenvalue weighted by molar-refractivity contribution is 8.16. The summed E-state index contributed by atoms with van der Waals surface area (Å²) < 4.78 is 37.3. The number of aliphatic imine (C=N–C) groups is 1. The molecule has 2 aliphatic rings. The van der Waals surface area contributed by atoms with E-state index in [1.54, 1.807) is 17.0 Å². The molecule has 0 spiro atoms. The zero-order valence-electron chi connectivity index (χ0n) is 13.5.